The van der Waals surface area contributed by atoms with Gasteiger partial charge in [0.25, 0.3) is 0 Å². The van der Waals surface area contributed by atoms with E-state index in [1.807, 2.05) is 18.2 Å². The fourth-order valence-electron chi connectivity index (χ4n) is 5.98. The first-order chi connectivity index (χ1) is 22.3. The highest BCUT2D eigenvalue weighted by molar-refractivity contribution is 5.76. The van der Waals surface area contributed by atoms with Gasteiger partial charge in [0.2, 0.25) is 5.91 Å². The predicted octanol–water partition coefficient (Wildman–Crippen LogP) is 3.90. The Bertz CT molecular complexity index is 889. The highest BCUT2D eigenvalue weighted by Gasteiger charge is 2.44. The van der Waals surface area contributed by atoms with Gasteiger partial charge in [0.1, 0.15) is 30.5 Å². The van der Waals surface area contributed by atoms with Gasteiger partial charge >= 0.3 is 0 Å². The maximum atomic E-state index is 12.8. The van der Waals surface area contributed by atoms with E-state index in [9.17, 15) is 35.4 Å². The van der Waals surface area contributed by atoms with Gasteiger partial charge in [-0.15, -0.1) is 0 Å². The first-order valence-electron chi connectivity index (χ1n) is 17.9. The Morgan fingerprint density at radius 2 is 1.39 bits per heavy atom. The molecule has 46 heavy (non-hydrogen) atoms. The van der Waals surface area contributed by atoms with E-state index in [4.69, 9.17) is 9.47 Å². The Labute approximate surface area is 276 Å². The van der Waals surface area contributed by atoms with Crippen molar-refractivity contribution in [1.29, 1.82) is 0 Å². The summed E-state index contributed by atoms with van der Waals surface area (Å²) >= 11 is 0. The minimum absolute atomic E-state index is 0.243. The number of rotatable bonds is 26. The van der Waals surface area contributed by atoms with Crippen LogP contribution in [0.4, 0.5) is 0 Å². The summed E-state index contributed by atoms with van der Waals surface area (Å²) in [5.74, 6) is -0.293. The molecule has 1 heterocycles. The Morgan fingerprint density at radius 3 is 2.00 bits per heavy atom. The van der Waals surface area contributed by atoms with Gasteiger partial charge in [0.15, 0.2) is 6.29 Å². The number of amides is 1. The maximum Gasteiger partial charge on any atom is 0.220 e. The predicted molar refractivity (Wildman–Crippen MR) is 178 cm³/mol. The van der Waals surface area contributed by atoms with E-state index in [0.29, 0.717) is 12.8 Å². The van der Waals surface area contributed by atoms with E-state index in [-0.39, 0.29) is 18.9 Å². The fourth-order valence-corrected chi connectivity index (χ4v) is 5.98. The normalized spacial score (nSPS) is 23.6. The maximum absolute atomic E-state index is 12.8. The van der Waals surface area contributed by atoms with Crippen molar-refractivity contribution in [2.24, 2.45) is 0 Å². The summed E-state index contributed by atoms with van der Waals surface area (Å²) < 4.78 is 11.1. The summed E-state index contributed by atoms with van der Waals surface area (Å²) in [6.45, 7) is 1.31. The van der Waals surface area contributed by atoms with Crippen LogP contribution in [0.1, 0.15) is 122 Å². The SMILES string of the molecule is CCCCCCCCCCCCCC[C@@H](O)[C@@H](O)[C@H](CO[C@@H]1O[C@H](CO)[C@H](O)[C@H](O)[C@H]1O)NC(=O)CCCCCc1ccccc1. The van der Waals surface area contributed by atoms with Gasteiger partial charge in [-0.1, -0.05) is 121 Å². The van der Waals surface area contributed by atoms with E-state index < -0.39 is 55.6 Å². The third kappa shape index (κ3) is 16.0. The molecule has 1 aromatic rings. The van der Waals surface area contributed by atoms with Crippen LogP contribution in [-0.4, -0.2) is 98.7 Å². The molecule has 7 N–H and O–H groups in total. The van der Waals surface area contributed by atoms with Crippen molar-refractivity contribution in [2.45, 2.75) is 171 Å². The average Bonchev–Trinajstić information content (AvgIpc) is 3.06. The minimum Gasteiger partial charge on any atom is -0.394 e. The molecule has 1 aromatic carbocycles. The van der Waals surface area contributed by atoms with Gasteiger partial charge in [-0.3, -0.25) is 4.79 Å². The molecule has 266 valence electrons. The summed E-state index contributed by atoms with van der Waals surface area (Å²) in [6, 6.07) is 9.15. The van der Waals surface area contributed by atoms with Gasteiger partial charge in [0.05, 0.1) is 25.4 Å². The second-order valence-corrected chi connectivity index (χ2v) is 13.0. The summed E-state index contributed by atoms with van der Waals surface area (Å²) in [4.78, 5) is 12.8. The van der Waals surface area contributed by atoms with E-state index in [1.54, 1.807) is 0 Å². The van der Waals surface area contributed by atoms with Gasteiger partial charge in [-0.05, 0) is 31.2 Å². The lowest BCUT2D eigenvalue weighted by molar-refractivity contribution is -0.303. The minimum atomic E-state index is -1.61. The zero-order valence-electron chi connectivity index (χ0n) is 28.1. The summed E-state index contributed by atoms with van der Waals surface area (Å²) in [5, 5.41) is 64.6. The van der Waals surface area contributed by atoms with Crippen molar-refractivity contribution in [3.05, 3.63) is 35.9 Å². The number of aryl methyl sites for hydroxylation is 1. The summed E-state index contributed by atoms with van der Waals surface area (Å²) in [5.41, 5.74) is 1.25. The van der Waals surface area contributed by atoms with Crippen LogP contribution in [0.15, 0.2) is 30.3 Å². The lowest BCUT2D eigenvalue weighted by atomic mass is 9.98. The van der Waals surface area contributed by atoms with E-state index in [2.05, 4.69) is 24.4 Å². The van der Waals surface area contributed by atoms with E-state index >= 15 is 0 Å². The van der Waals surface area contributed by atoms with Crippen LogP contribution < -0.4 is 5.32 Å². The number of hydrogen-bond donors (Lipinski definition) is 7. The number of ether oxygens (including phenoxy) is 2. The molecule has 0 radical (unpaired) electrons. The molecule has 0 aliphatic carbocycles. The van der Waals surface area contributed by atoms with Crippen molar-refractivity contribution in [3.8, 4) is 0 Å². The quantitative estimate of drug-likeness (QED) is 0.0734. The lowest BCUT2D eigenvalue weighted by Gasteiger charge is -2.40. The van der Waals surface area contributed by atoms with Gasteiger partial charge in [-0.2, -0.15) is 0 Å². The molecule has 0 unspecified atom stereocenters. The van der Waals surface area contributed by atoms with Crippen LogP contribution in [-0.2, 0) is 20.7 Å². The zero-order valence-corrected chi connectivity index (χ0v) is 28.1. The Hall–Kier alpha value is -1.63. The molecule has 1 amide bonds. The Kier molecular flexibility index (Phi) is 21.6. The van der Waals surface area contributed by atoms with Crippen molar-refractivity contribution in [2.75, 3.05) is 13.2 Å². The van der Waals surface area contributed by atoms with Crippen molar-refractivity contribution >= 4 is 5.91 Å². The fraction of sp³-hybridized carbons (Fsp3) is 0.806. The molecule has 0 spiro atoms. The van der Waals surface area contributed by atoms with Crippen LogP contribution in [0.5, 0.6) is 0 Å². The Morgan fingerprint density at radius 1 is 0.804 bits per heavy atom. The average molecular weight is 654 g/mol. The third-order valence-electron chi connectivity index (χ3n) is 9.01. The molecular weight excluding hydrogens is 590 g/mol. The second-order valence-electron chi connectivity index (χ2n) is 13.0. The number of aliphatic hydroxyl groups excluding tert-OH is 6. The standard InChI is InChI=1S/C36H63NO9/c1-2-3-4-5-6-7-8-9-10-11-12-18-23-29(39)32(41)28(26-45-36-35(44)34(43)33(42)30(25-38)46-36)37-31(40)24-19-14-17-22-27-20-15-13-16-21-27/h13,15-16,20-21,28-30,32-36,38-39,41-44H,2-12,14,17-19,22-26H2,1H3,(H,37,40)/t28-,29+,30+,32-,33-,34-,35+,36+/m0/s1. The third-order valence-corrected chi connectivity index (χ3v) is 9.01. The zero-order chi connectivity index (χ0) is 33.6. The molecule has 8 atom stereocenters. The Balaban J connectivity index is 1.79. The first kappa shape index (κ1) is 40.5. The topological polar surface area (TPSA) is 169 Å². The monoisotopic (exact) mass is 653 g/mol. The molecule has 10 nitrogen and oxygen atoms in total. The smallest absolute Gasteiger partial charge is 0.220 e. The molecule has 0 saturated carbocycles. The van der Waals surface area contributed by atoms with Gasteiger partial charge in [-0.25, -0.2) is 0 Å². The number of benzene rings is 1. The number of aliphatic hydroxyl groups is 6. The van der Waals surface area contributed by atoms with Crippen LogP contribution in [0, 0.1) is 0 Å². The van der Waals surface area contributed by atoms with Crippen molar-refractivity contribution in [1.82, 2.24) is 5.32 Å². The highest BCUT2D eigenvalue weighted by Crippen LogP contribution is 2.23. The molecule has 0 aromatic heterocycles. The van der Waals surface area contributed by atoms with Crippen LogP contribution in [0.2, 0.25) is 0 Å². The highest BCUT2D eigenvalue weighted by atomic mass is 16.7. The van der Waals surface area contributed by atoms with Gasteiger partial charge < -0.3 is 45.4 Å². The van der Waals surface area contributed by atoms with Crippen LogP contribution >= 0.6 is 0 Å². The molecule has 0 bridgehead atoms. The largest absolute Gasteiger partial charge is 0.394 e. The first-order valence-corrected chi connectivity index (χ1v) is 17.9. The van der Waals surface area contributed by atoms with Crippen LogP contribution in [0.25, 0.3) is 0 Å². The number of carbonyl (C=O) groups is 1. The lowest BCUT2D eigenvalue weighted by Crippen LogP contribution is -2.60. The van der Waals surface area contributed by atoms with Crippen LogP contribution in [0.3, 0.4) is 0 Å². The van der Waals surface area contributed by atoms with E-state index in [1.165, 1.54) is 56.9 Å². The number of unbranched alkanes of at least 4 members (excludes halogenated alkanes) is 13. The summed E-state index contributed by atoms with van der Waals surface area (Å²) in [7, 11) is 0. The molecule has 1 aliphatic rings. The number of nitrogens with one attached hydrogen (secondary N) is 1. The summed E-state index contributed by atoms with van der Waals surface area (Å²) in [6.07, 6.45) is 8.55. The molecular formula is C36H63NO9. The molecule has 10 heteroatoms. The second kappa shape index (κ2) is 24.5. The van der Waals surface area contributed by atoms with Crippen molar-refractivity contribution < 1.29 is 44.9 Å². The van der Waals surface area contributed by atoms with E-state index in [0.717, 1.165) is 44.9 Å². The molecule has 1 fully saturated rings. The molecule has 1 aliphatic heterocycles. The van der Waals surface area contributed by atoms with Crippen molar-refractivity contribution in [3.63, 3.8) is 0 Å². The molecule has 1 saturated heterocycles. The number of hydrogen-bond acceptors (Lipinski definition) is 9. The van der Waals surface area contributed by atoms with Gasteiger partial charge in [0, 0.05) is 6.42 Å². The number of carbonyl (C=O) groups excluding carboxylic acids is 1. The molecule has 2 rings (SSSR count).